The monoisotopic (exact) mass is 482 g/mol. The minimum atomic E-state index is -0.265. The van der Waals surface area contributed by atoms with Gasteiger partial charge in [0.25, 0.3) is 5.91 Å². The highest BCUT2D eigenvalue weighted by Gasteiger charge is 2.17. The van der Waals surface area contributed by atoms with E-state index in [4.69, 9.17) is 23.2 Å². The standard InChI is InChI=1S/C22H16Cl2N6OS/c23-17-3-1-16(2-4-17)21-28-29-22(30(21)19-7-5-18(24)6-8-19)32-14-20(31)27-26-13-15-9-11-25-12-10-15/h1-13H,14H2,(H,27,31)/b26-13-. The quantitative estimate of drug-likeness (QED) is 0.230. The summed E-state index contributed by atoms with van der Waals surface area (Å²) in [4.78, 5) is 16.2. The highest BCUT2D eigenvalue weighted by atomic mass is 35.5. The second-order valence-corrected chi connectivity index (χ2v) is 8.30. The molecule has 1 N–H and O–H groups in total. The Morgan fingerprint density at radius 1 is 0.969 bits per heavy atom. The molecule has 0 aliphatic carbocycles. The van der Waals surface area contributed by atoms with Crippen LogP contribution in [0.3, 0.4) is 0 Å². The zero-order valence-electron chi connectivity index (χ0n) is 16.5. The molecule has 4 aromatic rings. The van der Waals surface area contributed by atoms with Crippen LogP contribution in [0.1, 0.15) is 5.56 Å². The van der Waals surface area contributed by atoms with Gasteiger partial charge in [0.05, 0.1) is 12.0 Å². The Balaban J connectivity index is 1.53. The normalized spacial score (nSPS) is 11.1. The molecule has 1 amide bonds. The molecule has 0 atom stereocenters. The summed E-state index contributed by atoms with van der Waals surface area (Å²) in [6, 6.07) is 18.2. The summed E-state index contributed by atoms with van der Waals surface area (Å²) >= 11 is 13.3. The van der Waals surface area contributed by atoms with Crippen molar-refractivity contribution in [2.75, 3.05) is 5.75 Å². The van der Waals surface area contributed by atoms with Crippen LogP contribution in [0.2, 0.25) is 10.0 Å². The number of hydrogen-bond acceptors (Lipinski definition) is 6. The third kappa shape index (κ3) is 5.53. The average molecular weight is 483 g/mol. The van der Waals surface area contributed by atoms with Crippen LogP contribution in [-0.2, 0) is 4.79 Å². The largest absolute Gasteiger partial charge is 0.272 e. The molecule has 32 heavy (non-hydrogen) atoms. The first kappa shape index (κ1) is 22.0. The summed E-state index contributed by atoms with van der Waals surface area (Å²) in [6.45, 7) is 0. The molecule has 2 heterocycles. The number of carbonyl (C=O) groups is 1. The predicted molar refractivity (Wildman–Crippen MR) is 128 cm³/mol. The van der Waals surface area contributed by atoms with Gasteiger partial charge in [0.15, 0.2) is 11.0 Å². The minimum Gasteiger partial charge on any atom is -0.272 e. The summed E-state index contributed by atoms with van der Waals surface area (Å²) in [5.74, 6) is 0.474. The van der Waals surface area contributed by atoms with Gasteiger partial charge in [-0.25, -0.2) is 5.43 Å². The van der Waals surface area contributed by atoms with Gasteiger partial charge in [-0.3, -0.25) is 14.3 Å². The maximum Gasteiger partial charge on any atom is 0.250 e. The average Bonchev–Trinajstić information content (AvgIpc) is 3.23. The summed E-state index contributed by atoms with van der Waals surface area (Å²) in [5.41, 5.74) is 5.01. The van der Waals surface area contributed by atoms with E-state index in [-0.39, 0.29) is 11.7 Å². The van der Waals surface area contributed by atoms with E-state index in [1.807, 2.05) is 28.8 Å². The van der Waals surface area contributed by atoms with Crippen LogP contribution in [0, 0.1) is 0 Å². The molecule has 2 aromatic heterocycles. The molecule has 0 bridgehead atoms. The first-order valence-electron chi connectivity index (χ1n) is 9.42. The van der Waals surface area contributed by atoms with E-state index < -0.39 is 0 Å². The Bertz CT molecular complexity index is 1230. The number of nitrogens with zero attached hydrogens (tertiary/aromatic N) is 5. The van der Waals surface area contributed by atoms with Gasteiger partial charge in [-0.2, -0.15) is 5.10 Å². The fourth-order valence-electron chi connectivity index (χ4n) is 2.76. The van der Waals surface area contributed by atoms with Gasteiger partial charge in [-0.15, -0.1) is 10.2 Å². The topological polar surface area (TPSA) is 85.1 Å². The molecule has 0 saturated heterocycles. The van der Waals surface area contributed by atoms with Crippen molar-refractivity contribution in [3.8, 4) is 17.1 Å². The molecule has 0 aliphatic rings. The molecule has 0 radical (unpaired) electrons. The molecular weight excluding hydrogens is 467 g/mol. The molecule has 4 rings (SSSR count). The Morgan fingerprint density at radius 2 is 1.62 bits per heavy atom. The van der Waals surface area contributed by atoms with Gasteiger partial charge in [0.2, 0.25) is 0 Å². The molecule has 0 fully saturated rings. The third-order valence-corrected chi connectivity index (χ3v) is 5.69. The highest BCUT2D eigenvalue weighted by molar-refractivity contribution is 7.99. The van der Waals surface area contributed by atoms with E-state index in [0.29, 0.717) is 21.0 Å². The minimum absolute atomic E-state index is 0.111. The summed E-state index contributed by atoms with van der Waals surface area (Å²) < 4.78 is 1.87. The number of aromatic nitrogens is 4. The molecule has 0 aliphatic heterocycles. The van der Waals surface area contributed by atoms with E-state index in [1.54, 1.807) is 55.0 Å². The van der Waals surface area contributed by atoms with Crippen LogP contribution in [0.15, 0.2) is 83.3 Å². The number of nitrogens with one attached hydrogen (secondary N) is 1. The zero-order chi connectivity index (χ0) is 22.3. The second kappa shape index (κ2) is 10.4. The van der Waals surface area contributed by atoms with Gasteiger partial charge in [-0.05, 0) is 66.2 Å². The number of rotatable bonds is 7. The Labute approximate surface area is 198 Å². The van der Waals surface area contributed by atoms with Gasteiger partial charge < -0.3 is 0 Å². The molecule has 0 unspecified atom stereocenters. The van der Waals surface area contributed by atoms with Gasteiger partial charge in [0.1, 0.15) is 0 Å². The number of halogens is 2. The fourth-order valence-corrected chi connectivity index (χ4v) is 3.76. The number of carbonyl (C=O) groups excluding carboxylic acids is 1. The molecule has 2 aromatic carbocycles. The molecule has 160 valence electrons. The van der Waals surface area contributed by atoms with Crippen LogP contribution in [0.4, 0.5) is 0 Å². The molecule has 10 heteroatoms. The SMILES string of the molecule is O=C(CSc1nnc(-c2ccc(Cl)cc2)n1-c1ccc(Cl)cc1)N/N=C\c1ccncc1. The van der Waals surface area contributed by atoms with E-state index in [0.717, 1.165) is 16.8 Å². The molecule has 0 saturated carbocycles. The number of hydrogen-bond donors (Lipinski definition) is 1. The van der Waals surface area contributed by atoms with Crippen molar-refractivity contribution in [2.24, 2.45) is 5.10 Å². The van der Waals surface area contributed by atoms with Crippen LogP contribution < -0.4 is 5.43 Å². The van der Waals surface area contributed by atoms with E-state index in [9.17, 15) is 4.79 Å². The summed E-state index contributed by atoms with van der Waals surface area (Å²) in [7, 11) is 0. The predicted octanol–water partition coefficient (Wildman–Crippen LogP) is 4.88. The van der Waals surface area contributed by atoms with Crippen molar-refractivity contribution in [3.05, 3.63) is 88.7 Å². The summed E-state index contributed by atoms with van der Waals surface area (Å²) in [6.07, 6.45) is 4.86. The van der Waals surface area contributed by atoms with Crippen LogP contribution >= 0.6 is 35.0 Å². The maximum absolute atomic E-state index is 12.3. The summed E-state index contributed by atoms with van der Waals surface area (Å²) in [5, 5.41) is 14.4. The van der Waals surface area contributed by atoms with Crippen LogP contribution in [-0.4, -0.2) is 37.6 Å². The van der Waals surface area contributed by atoms with Crippen molar-refractivity contribution in [1.29, 1.82) is 0 Å². The second-order valence-electron chi connectivity index (χ2n) is 6.49. The fraction of sp³-hybridized carbons (Fsp3) is 0.0455. The van der Waals surface area contributed by atoms with Crippen LogP contribution in [0.5, 0.6) is 0 Å². The lowest BCUT2D eigenvalue weighted by Crippen LogP contribution is -2.20. The first-order valence-corrected chi connectivity index (χ1v) is 11.2. The lowest BCUT2D eigenvalue weighted by atomic mass is 10.2. The first-order chi connectivity index (χ1) is 15.6. The smallest absolute Gasteiger partial charge is 0.250 e. The Hall–Kier alpha value is -3.20. The number of thioether (sulfide) groups is 1. The van der Waals surface area contributed by atoms with Crippen molar-refractivity contribution >= 4 is 47.1 Å². The highest BCUT2D eigenvalue weighted by Crippen LogP contribution is 2.29. The lowest BCUT2D eigenvalue weighted by Gasteiger charge is -2.10. The van der Waals surface area contributed by atoms with E-state index in [2.05, 4.69) is 25.7 Å². The number of hydrazone groups is 1. The van der Waals surface area contributed by atoms with Gasteiger partial charge in [-0.1, -0.05) is 35.0 Å². The van der Waals surface area contributed by atoms with Gasteiger partial charge >= 0.3 is 0 Å². The van der Waals surface area contributed by atoms with Crippen LogP contribution in [0.25, 0.3) is 17.1 Å². The Kier molecular flexibility index (Phi) is 7.16. The number of benzene rings is 2. The number of pyridine rings is 1. The Morgan fingerprint density at radius 3 is 2.31 bits per heavy atom. The maximum atomic E-state index is 12.3. The van der Waals surface area contributed by atoms with Crippen molar-refractivity contribution < 1.29 is 4.79 Å². The molecule has 0 spiro atoms. The van der Waals surface area contributed by atoms with E-state index >= 15 is 0 Å². The number of amides is 1. The molecule has 7 nitrogen and oxygen atoms in total. The van der Waals surface area contributed by atoms with Gasteiger partial charge in [0, 0.05) is 33.7 Å². The lowest BCUT2D eigenvalue weighted by molar-refractivity contribution is -0.118. The van der Waals surface area contributed by atoms with E-state index in [1.165, 1.54) is 11.8 Å². The van der Waals surface area contributed by atoms with Crippen molar-refractivity contribution in [3.63, 3.8) is 0 Å². The molecular formula is C22H16Cl2N6OS. The van der Waals surface area contributed by atoms with Crippen molar-refractivity contribution in [2.45, 2.75) is 5.16 Å². The van der Waals surface area contributed by atoms with Crippen molar-refractivity contribution in [1.82, 2.24) is 25.2 Å². The third-order valence-electron chi connectivity index (χ3n) is 4.26. The zero-order valence-corrected chi connectivity index (χ0v) is 18.8.